The first-order valence-electron chi connectivity index (χ1n) is 6.58. The molecule has 1 aliphatic heterocycles. The van der Waals surface area contributed by atoms with Gasteiger partial charge >= 0.3 is 6.03 Å². The van der Waals surface area contributed by atoms with E-state index in [2.05, 4.69) is 12.2 Å². The third-order valence-electron chi connectivity index (χ3n) is 3.38. The molecule has 0 saturated carbocycles. The van der Waals surface area contributed by atoms with Crippen molar-refractivity contribution in [1.29, 1.82) is 0 Å². The number of halogens is 2. The third kappa shape index (κ3) is 5.16. The van der Waals surface area contributed by atoms with E-state index in [1.807, 2.05) is 0 Å². The number of rotatable bonds is 6. The van der Waals surface area contributed by atoms with E-state index in [0.29, 0.717) is 19.0 Å². The highest BCUT2D eigenvalue weighted by Gasteiger charge is 2.28. The zero-order valence-electron chi connectivity index (χ0n) is 10.9. The average Bonchev–Trinajstić information content (AvgIpc) is 2.33. The topological polar surface area (TPSA) is 58.4 Å². The lowest BCUT2D eigenvalue weighted by Crippen LogP contribution is -2.53. The van der Waals surface area contributed by atoms with E-state index in [4.69, 9.17) is 5.73 Å². The molecule has 0 radical (unpaired) electrons. The van der Waals surface area contributed by atoms with Gasteiger partial charge in [-0.15, -0.1) is 0 Å². The van der Waals surface area contributed by atoms with E-state index in [0.717, 1.165) is 25.7 Å². The van der Waals surface area contributed by atoms with E-state index in [-0.39, 0.29) is 12.6 Å². The number of likely N-dealkylation sites (tertiary alicyclic amines) is 1. The van der Waals surface area contributed by atoms with E-state index < -0.39 is 12.5 Å². The number of alkyl halides is 2. The van der Waals surface area contributed by atoms with Crippen LogP contribution >= 0.6 is 0 Å². The third-order valence-corrected chi connectivity index (χ3v) is 3.38. The number of amides is 2. The fraction of sp³-hybridized carbons (Fsp3) is 0.917. The Bertz CT molecular complexity index is 264. The van der Waals surface area contributed by atoms with Crippen LogP contribution in [0.1, 0.15) is 32.6 Å². The van der Waals surface area contributed by atoms with Gasteiger partial charge in [0.2, 0.25) is 0 Å². The van der Waals surface area contributed by atoms with Gasteiger partial charge < -0.3 is 16.0 Å². The minimum Gasteiger partial charge on any atom is -0.351 e. The van der Waals surface area contributed by atoms with Crippen molar-refractivity contribution in [3.05, 3.63) is 0 Å². The molecule has 1 heterocycles. The first-order valence-corrected chi connectivity index (χ1v) is 6.58. The second kappa shape index (κ2) is 7.51. The average molecular weight is 263 g/mol. The monoisotopic (exact) mass is 263 g/mol. The van der Waals surface area contributed by atoms with Crippen LogP contribution in [-0.2, 0) is 0 Å². The van der Waals surface area contributed by atoms with Crippen molar-refractivity contribution in [2.75, 3.05) is 19.6 Å². The van der Waals surface area contributed by atoms with Gasteiger partial charge in [-0.2, -0.15) is 0 Å². The highest BCUT2D eigenvalue weighted by atomic mass is 19.3. The summed E-state index contributed by atoms with van der Waals surface area (Å²) in [5.74, 6) is 0.362. The van der Waals surface area contributed by atoms with Crippen molar-refractivity contribution in [1.82, 2.24) is 10.2 Å². The van der Waals surface area contributed by atoms with Gasteiger partial charge in [0, 0.05) is 19.1 Å². The minimum absolute atomic E-state index is 0.0675. The van der Waals surface area contributed by atoms with E-state index >= 15 is 0 Å². The molecule has 0 aromatic heterocycles. The van der Waals surface area contributed by atoms with Gasteiger partial charge in [-0.3, -0.25) is 0 Å². The largest absolute Gasteiger partial charge is 0.351 e. The highest BCUT2D eigenvalue weighted by Crippen LogP contribution is 2.22. The Kier molecular flexibility index (Phi) is 6.32. The van der Waals surface area contributed by atoms with Gasteiger partial charge in [0.25, 0.3) is 6.43 Å². The molecule has 1 fully saturated rings. The van der Waals surface area contributed by atoms with Crippen LogP contribution in [0.4, 0.5) is 13.6 Å². The number of carbonyl (C=O) groups is 1. The number of hydrogen-bond donors (Lipinski definition) is 2. The van der Waals surface area contributed by atoms with Crippen LogP contribution in [0.5, 0.6) is 0 Å². The maximum Gasteiger partial charge on any atom is 0.314 e. The summed E-state index contributed by atoms with van der Waals surface area (Å²) >= 11 is 0. The fourth-order valence-electron chi connectivity index (χ4n) is 2.49. The van der Waals surface area contributed by atoms with Gasteiger partial charge in [-0.1, -0.05) is 19.8 Å². The van der Waals surface area contributed by atoms with Crippen LogP contribution < -0.4 is 11.1 Å². The molecular formula is C12H23F2N3O. The second-order valence-corrected chi connectivity index (χ2v) is 4.98. The quantitative estimate of drug-likeness (QED) is 0.767. The van der Waals surface area contributed by atoms with Crippen LogP contribution in [0.25, 0.3) is 0 Å². The summed E-state index contributed by atoms with van der Waals surface area (Å²) in [5.41, 5.74) is 5.29. The summed E-state index contributed by atoms with van der Waals surface area (Å²) in [4.78, 5) is 12.8. The smallest absolute Gasteiger partial charge is 0.314 e. The molecule has 106 valence electrons. The van der Waals surface area contributed by atoms with Crippen molar-refractivity contribution < 1.29 is 13.6 Å². The van der Waals surface area contributed by atoms with Gasteiger partial charge in [0.1, 0.15) is 0 Å². The molecule has 1 saturated heterocycles. The summed E-state index contributed by atoms with van der Waals surface area (Å²) in [6.45, 7) is 2.88. The van der Waals surface area contributed by atoms with Crippen molar-refractivity contribution in [2.45, 2.75) is 45.1 Å². The molecule has 0 bridgehead atoms. The van der Waals surface area contributed by atoms with Gasteiger partial charge in [0.15, 0.2) is 0 Å². The number of nitrogens with zero attached hydrogens (tertiary/aromatic N) is 1. The first kappa shape index (κ1) is 15.1. The predicted molar refractivity (Wildman–Crippen MR) is 66.6 cm³/mol. The summed E-state index contributed by atoms with van der Waals surface area (Å²) in [7, 11) is 0. The molecule has 1 rings (SSSR count). The molecule has 6 heteroatoms. The van der Waals surface area contributed by atoms with Crippen molar-refractivity contribution in [3.63, 3.8) is 0 Å². The van der Waals surface area contributed by atoms with Crippen LogP contribution in [0.2, 0.25) is 0 Å². The van der Waals surface area contributed by atoms with Crippen LogP contribution in [0.15, 0.2) is 0 Å². The molecule has 0 aliphatic carbocycles. The zero-order chi connectivity index (χ0) is 13.5. The Morgan fingerprint density at radius 3 is 2.78 bits per heavy atom. The van der Waals surface area contributed by atoms with Gasteiger partial charge in [-0.05, 0) is 18.8 Å². The summed E-state index contributed by atoms with van der Waals surface area (Å²) < 4.78 is 24.4. The van der Waals surface area contributed by atoms with Gasteiger partial charge in [-0.25, -0.2) is 13.6 Å². The van der Waals surface area contributed by atoms with E-state index in [1.54, 1.807) is 4.90 Å². The van der Waals surface area contributed by atoms with Crippen LogP contribution in [0.3, 0.4) is 0 Å². The Balaban J connectivity index is 2.48. The van der Waals surface area contributed by atoms with Crippen LogP contribution in [0, 0.1) is 5.92 Å². The summed E-state index contributed by atoms with van der Waals surface area (Å²) in [5, 5.41) is 2.81. The zero-order valence-corrected chi connectivity index (χ0v) is 10.9. The molecule has 0 spiro atoms. The number of nitrogens with one attached hydrogen (secondary N) is 1. The lowest BCUT2D eigenvalue weighted by atomic mass is 9.90. The summed E-state index contributed by atoms with van der Waals surface area (Å²) in [6.07, 6.45) is 1.70. The number of primary amides is 1. The SMILES string of the molecule is CCCCC1CC(NCC(F)F)CN(C(N)=O)C1. The Morgan fingerprint density at radius 1 is 1.50 bits per heavy atom. The molecule has 18 heavy (non-hydrogen) atoms. The molecule has 2 atom stereocenters. The predicted octanol–water partition coefficient (Wildman–Crippen LogP) is 1.80. The summed E-state index contributed by atoms with van der Waals surface area (Å²) in [6, 6.07) is -0.526. The number of urea groups is 1. The lowest BCUT2D eigenvalue weighted by molar-refractivity contribution is 0.116. The first-order chi connectivity index (χ1) is 8.52. The Hall–Kier alpha value is -0.910. The number of nitrogens with two attached hydrogens (primary N) is 1. The van der Waals surface area contributed by atoms with E-state index in [9.17, 15) is 13.6 Å². The molecule has 0 aromatic carbocycles. The Morgan fingerprint density at radius 2 is 2.22 bits per heavy atom. The molecule has 0 aromatic rings. The maximum absolute atomic E-state index is 12.2. The fourth-order valence-corrected chi connectivity index (χ4v) is 2.49. The number of piperidine rings is 1. The highest BCUT2D eigenvalue weighted by molar-refractivity contribution is 5.72. The molecule has 4 nitrogen and oxygen atoms in total. The number of hydrogen-bond acceptors (Lipinski definition) is 2. The second-order valence-electron chi connectivity index (χ2n) is 4.98. The van der Waals surface area contributed by atoms with Crippen molar-refractivity contribution in [2.24, 2.45) is 11.7 Å². The molecule has 2 unspecified atom stereocenters. The molecular weight excluding hydrogens is 240 g/mol. The van der Waals surface area contributed by atoms with E-state index in [1.165, 1.54) is 0 Å². The maximum atomic E-state index is 12.2. The van der Waals surface area contributed by atoms with Crippen molar-refractivity contribution >= 4 is 6.03 Å². The van der Waals surface area contributed by atoms with Crippen LogP contribution in [-0.4, -0.2) is 43.0 Å². The molecule has 3 N–H and O–H groups in total. The standard InChI is InChI=1S/C12H23F2N3O/c1-2-3-4-9-5-10(16-6-11(13)14)8-17(7-9)12(15)18/h9-11,16H,2-8H2,1H3,(H2,15,18). The normalized spacial score (nSPS) is 24.6. The number of carbonyl (C=O) groups excluding carboxylic acids is 1. The minimum atomic E-state index is -2.36. The lowest BCUT2D eigenvalue weighted by Gasteiger charge is -2.37. The Labute approximate surface area is 107 Å². The number of unbranched alkanes of at least 4 members (excludes halogenated alkanes) is 1. The van der Waals surface area contributed by atoms with Crippen molar-refractivity contribution in [3.8, 4) is 0 Å². The molecule has 2 amide bonds. The van der Waals surface area contributed by atoms with Gasteiger partial charge in [0.05, 0.1) is 6.54 Å². The molecule has 1 aliphatic rings.